The van der Waals surface area contributed by atoms with Crippen LogP contribution in [-0.4, -0.2) is 37.1 Å². The summed E-state index contributed by atoms with van der Waals surface area (Å²) in [6.45, 7) is 9.01. The van der Waals surface area contributed by atoms with Crippen LogP contribution in [0.5, 0.6) is 0 Å². The van der Waals surface area contributed by atoms with Crippen LogP contribution in [0.1, 0.15) is 25.8 Å². The maximum absolute atomic E-state index is 6.29. The van der Waals surface area contributed by atoms with Gasteiger partial charge < -0.3 is 4.90 Å². The fraction of sp³-hybridized carbons (Fsp3) is 0.600. The molecule has 1 aromatic carbocycles. The molecule has 4 heteroatoms. The molecule has 0 saturated carbocycles. The van der Waals surface area contributed by atoms with E-state index in [4.69, 9.17) is 11.6 Å². The van der Waals surface area contributed by atoms with Crippen molar-refractivity contribution in [2.75, 3.05) is 31.1 Å². The van der Waals surface area contributed by atoms with Crippen LogP contribution >= 0.6 is 27.5 Å². The van der Waals surface area contributed by atoms with Crippen LogP contribution < -0.4 is 4.90 Å². The molecular weight excluding hydrogens is 324 g/mol. The van der Waals surface area contributed by atoms with Crippen LogP contribution in [0.2, 0.25) is 5.02 Å². The molecule has 0 bridgehead atoms. The van der Waals surface area contributed by atoms with Gasteiger partial charge in [0, 0.05) is 35.2 Å². The maximum atomic E-state index is 6.29. The fourth-order valence-electron chi connectivity index (χ4n) is 2.86. The first-order chi connectivity index (χ1) is 9.19. The Kier molecular flexibility index (Phi) is 5.55. The molecule has 0 radical (unpaired) electrons. The maximum Gasteiger partial charge on any atom is 0.0467 e. The smallest absolute Gasteiger partial charge is 0.0467 e. The monoisotopic (exact) mass is 344 g/mol. The summed E-state index contributed by atoms with van der Waals surface area (Å²) in [6.07, 6.45) is 1.25. The average Bonchev–Trinajstić information content (AvgIpc) is 2.90. The van der Waals surface area contributed by atoms with Crippen molar-refractivity contribution < 1.29 is 0 Å². The van der Waals surface area contributed by atoms with Crippen molar-refractivity contribution in [3.63, 3.8) is 0 Å². The SMILES string of the molecule is CCN(CC)C1CCN(c2ccc(CBr)c(Cl)c2)C1. The Morgan fingerprint density at radius 2 is 2.11 bits per heavy atom. The predicted octanol–water partition coefficient (Wildman–Crippen LogP) is 4.16. The van der Waals surface area contributed by atoms with Gasteiger partial charge in [-0.05, 0) is 37.2 Å². The van der Waals surface area contributed by atoms with E-state index in [1.807, 2.05) is 0 Å². The molecule has 2 nitrogen and oxygen atoms in total. The lowest BCUT2D eigenvalue weighted by Crippen LogP contribution is -2.37. The van der Waals surface area contributed by atoms with Crippen LogP contribution in [0, 0.1) is 0 Å². The molecule has 19 heavy (non-hydrogen) atoms. The Hall–Kier alpha value is -0.250. The second-order valence-corrected chi connectivity index (χ2v) is 5.99. The van der Waals surface area contributed by atoms with E-state index in [1.54, 1.807) is 0 Å². The second-order valence-electron chi connectivity index (χ2n) is 5.02. The number of alkyl halides is 1. The Morgan fingerprint density at radius 3 is 2.68 bits per heavy atom. The Bertz CT molecular complexity index is 421. The molecule has 1 heterocycles. The van der Waals surface area contributed by atoms with Crippen molar-refractivity contribution >= 4 is 33.2 Å². The summed E-state index contributed by atoms with van der Waals surface area (Å²) < 4.78 is 0. The van der Waals surface area contributed by atoms with Gasteiger partial charge >= 0.3 is 0 Å². The second kappa shape index (κ2) is 6.96. The molecule has 0 aromatic heterocycles. The van der Waals surface area contributed by atoms with Crippen molar-refractivity contribution in [1.29, 1.82) is 0 Å². The summed E-state index contributed by atoms with van der Waals surface area (Å²) in [6, 6.07) is 7.09. The molecule has 106 valence electrons. The lowest BCUT2D eigenvalue weighted by Gasteiger charge is -2.26. The van der Waals surface area contributed by atoms with Gasteiger partial charge in [-0.3, -0.25) is 4.90 Å². The highest BCUT2D eigenvalue weighted by atomic mass is 79.9. The first-order valence-electron chi connectivity index (χ1n) is 7.03. The summed E-state index contributed by atoms with van der Waals surface area (Å²) in [4.78, 5) is 5.00. The highest BCUT2D eigenvalue weighted by Gasteiger charge is 2.26. The summed E-state index contributed by atoms with van der Waals surface area (Å²) in [5.41, 5.74) is 2.41. The first kappa shape index (κ1) is 15.1. The van der Waals surface area contributed by atoms with Crippen molar-refractivity contribution in [3.8, 4) is 0 Å². The standard InChI is InChI=1S/C15H22BrClN2/c1-3-18(4-2)14-7-8-19(11-14)13-6-5-12(10-16)15(17)9-13/h5-6,9,14H,3-4,7-8,10-11H2,1-2H3. The molecule has 1 saturated heterocycles. The molecule has 1 unspecified atom stereocenters. The minimum atomic E-state index is 0.685. The number of benzene rings is 1. The predicted molar refractivity (Wildman–Crippen MR) is 87.6 cm³/mol. The van der Waals surface area contributed by atoms with Gasteiger partial charge in [0.2, 0.25) is 0 Å². The lowest BCUT2D eigenvalue weighted by molar-refractivity contribution is 0.232. The van der Waals surface area contributed by atoms with Crippen LogP contribution in [0.15, 0.2) is 18.2 Å². The van der Waals surface area contributed by atoms with Crippen LogP contribution in [0.3, 0.4) is 0 Å². The third-order valence-electron chi connectivity index (χ3n) is 4.04. The summed E-state index contributed by atoms with van der Waals surface area (Å²) in [5, 5.41) is 1.68. The van der Waals surface area contributed by atoms with Crippen molar-refractivity contribution in [1.82, 2.24) is 4.90 Å². The van der Waals surface area contributed by atoms with E-state index in [2.05, 4.69) is 57.8 Å². The van der Waals surface area contributed by atoms with Crippen LogP contribution in [0.25, 0.3) is 0 Å². The van der Waals surface area contributed by atoms with E-state index in [9.17, 15) is 0 Å². The lowest BCUT2D eigenvalue weighted by atomic mass is 10.2. The normalized spacial score (nSPS) is 19.4. The molecule has 1 fully saturated rings. The van der Waals surface area contributed by atoms with Crippen LogP contribution in [0.4, 0.5) is 5.69 Å². The van der Waals surface area contributed by atoms with E-state index in [0.717, 1.165) is 42.1 Å². The Labute approximate surface area is 129 Å². The molecule has 0 N–H and O–H groups in total. The topological polar surface area (TPSA) is 6.48 Å². The summed E-state index contributed by atoms with van der Waals surface area (Å²) in [7, 11) is 0. The van der Waals surface area contributed by atoms with E-state index < -0.39 is 0 Å². The zero-order valence-corrected chi connectivity index (χ0v) is 14.0. The zero-order chi connectivity index (χ0) is 13.8. The minimum Gasteiger partial charge on any atom is -0.370 e. The van der Waals surface area contributed by atoms with E-state index >= 15 is 0 Å². The molecule has 2 rings (SSSR count). The Balaban J connectivity index is 2.06. The number of hydrogen-bond donors (Lipinski definition) is 0. The largest absolute Gasteiger partial charge is 0.370 e. The number of nitrogens with zero attached hydrogens (tertiary/aromatic N) is 2. The van der Waals surface area contributed by atoms with Crippen LogP contribution in [-0.2, 0) is 5.33 Å². The molecule has 1 aliphatic heterocycles. The third kappa shape index (κ3) is 3.45. The van der Waals surface area contributed by atoms with Gasteiger partial charge in [0.1, 0.15) is 0 Å². The highest BCUT2D eigenvalue weighted by Crippen LogP contribution is 2.28. The van der Waals surface area contributed by atoms with Crippen molar-refractivity contribution in [2.45, 2.75) is 31.6 Å². The molecular formula is C15H22BrClN2. The first-order valence-corrected chi connectivity index (χ1v) is 8.52. The molecule has 1 atom stereocenters. The van der Waals surface area contributed by atoms with Crippen molar-refractivity contribution in [2.24, 2.45) is 0 Å². The zero-order valence-electron chi connectivity index (χ0n) is 11.7. The number of likely N-dealkylation sites (N-methyl/N-ethyl adjacent to an activating group) is 1. The fourth-order valence-corrected chi connectivity index (χ4v) is 3.75. The summed E-state index contributed by atoms with van der Waals surface area (Å²) in [5.74, 6) is 0. The van der Waals surface area contributed by atoms with Gasteiger partial charge in [-0.2, -0.15) is 0 Å². The van der Waals surface area contributed by atoms with Gasteiger partial charge in [0.05, 0.1) is 0 Å². The Morgan fingerprint density at radius 1 is 1.37 bits per heavy atom. The molecule has 1 aliphatic rings. The number of hydrogen-bond acceptors (Lipinski definition) is 2. The molecule has 0 spiro atoms. The van der Waals surface area contributed by atoms with E-state index in [-0.39, 0.29) is 0 Å². The number of anilines is 1. The minimum absolute atomic E-state index is 0.685. The van der Waals surface area contributed by atoms with Gasteiger partial charge in [-0.1, -0.05) is 47.4 Å². The highest BCUT2D eigenvalue weighted by molar-refractivity contribution is 9.08. The molecule has 0 aliphatic carbocycles. The van der Waals surface area contributed by atoms with Gasteiger partial charge in [-0.15, -0.1) is 0 Å². The number of halogens is 2. The molecule has 0 amide bonds. The average molecular weight is 346 g/mol. The van der Waals surface area contributed by atoms with E-state index in [0.29, 0.717) is 6.04 Å². The van der Waals surface area contributed by atoms with Gasteiger partial charge in [0.15, 0.2) is 0 Å². The molecule has 1 aromatic rings. The van der Waals surface area contributed by atoms with Crippen molar-refractivity contribution in [3.05, 3.63) is 28.8 Å². The van der Waals surface area contributed by atoms with E-state index in [1.165, 1.54) is 12.1 Å². The van der Waals surface area contributed by atoms with Gasteiger partial charge in [-0.25, -0.2) is 0 Å². The summed E-state index contributed by atoms with van der Waals surface area (Å²) >= 11 is 9.75. The quantitative estimate of drug-likeness (QED) is 0.740. The van der Waals surface area contributed by atoms with Gasteiger partial charge in [0.25, 0.3) is 0 Å². The third-order valence-corrected chi connectivity index (χ3v) is 4.99. The number of rotatable bonds is 5.